The lowest BCUT2D eigenvalue weighted by molar-refractivity contribution is -0.665. The number of amides is 1. The largest absolute Gasteiger partial charge is 0.421 e. The second kappa shape index (κ2) is 6.16. The first-order valence-electron chi connectivity index (χ1n) is 6.78. The number of carbonyl (C=O) groups excluding carboxylic acids is 2. The lowest BCUT2D eigenvalue weighted by Crippen LogP contribution is -2.45. The van der Waals surface area contributed by atoms with E-state index in [0.29, 0.717) is 35.7 Å². The number of aromatic nitrogens is 4. The van der Waals surface area contributed by atoms with Crippen molar-refractivity contribution in [3.05, 3.63) is 35.7 Å². The molecule has 0 spiro atoms. The van der Waals surface area contributed by atoms with Crippen LogP contribution in [0.15, 0.2) is 18.2 Å². The van der Waals surface area contributed by atoms with Crippen LogP contribution in [0.2, 0.25) is 0 Å². The van der Waals surface area contributed by atoms with Crippen LogP contribution in [0.5, 0.6) is 0 Å². The van der Waals surface area contributed by atoms with Crippen molar-refractivity contribution >= 4 is 12.3 Å². The highest BCUT2D eigenvalue weighted by Crippen LogP contribution is 2.12. The molecule has 0 radical (unpaired) electrons. The van der Waals surface area contributed by atoms with Crippen LogP contribution in [0.25, 0.3) is 5.69 Å². The third-order valence-electron chi connectivity index (χ3n) is 3.37. The maximum atomic E-state index is 13.9. The van der Waals surface area contributed by atoms with Gasteiger partial charge in [0.2, 0.25) is 12.0 Å². The van der Waals surface area contributed by atoms with Crippen LogP contribution in [0, 0.1) is 11.6 Å². The molecule has 0 bridgehead atoms. The Kier molecular flexibility index (Phi) is 4.06. The highest BCUT2D eigenvalue weighted by Gasteiger charge is 2.33. The van der Waals surface area contributed by atoms with E-state index in [1.165, 1.54) is 11.0 Å². The molecule has 1 aromatic heterocycles. The summed E-state index contributed by atoms with van der Waals surface area (Å²) in [5, 5.41) is 7.09. The first-order valence-corrected chi connectivity index (χ1v) is 6.78. The number of carbonyl (C=O) groups is 2. The summed E-state index contributed by atoms with van der Waals surface area (Å²) in [4.78, 5) is 25.1. The molecule has 2 heterocycles. The Morgan fingerprint density at radius 2 is 1.91 bits per heavy atom. The number of morpholine rings is 1. The van der Waals surface area contributed by atoms with Gasteiger partial charge in [0.25, 0.3) is 0 Å². The zero-order chi connectivity index (χ0) is 16.4. The highest BCUT2D eigenvalue weighted by molar-refractivity contribution is 5.81. The monoisotopic (exact) mass is 324 g/mol. The van der Waals surface area contributed by atoms with Crippen molar-refractivity contribution in [3.63, 3.8) is 0 Å². The van der Waals surface area contributed by atoms with Crippen molar-refractivity contribution < 1.29 is 27.8 Å². The van der Waals surface area contributed by atoms with Crippen LogP contribution in [-0.2, 0) is 4.74 Å². The summed E-state index contributed by atoms with van der Waals surface area (Å²) in [5.41, 5.74) is -0.573. The molecule has 0 N–H and O–H groups in total. The molecule has 1 aliphatic rings. The van der Waals surface area contributed by atoms with Crippen molar-refractivity contribution in [2.45, 2.75) is 0 Å². The summed E-state index contributed by atoms with van der Waals surface area (Å²) in [6, 6.07) is 2.60. The molecule has 10 heteroatoms. The average Bonchev–Trinajstić information content (AvgIpc) is 2.98. The van der Waals surface area contributed by atoms with Crippen molar-refractivity contribution in [2.24, 2.45) is 0 Å². The van der Waals surface area contributed by atoms with Crippen molar-refractivity contribution in [1.82, 2.24) is 20.0 Å². The van der Waals surface area contributed by atoms with Crippen LogP contribution < -0.4 is 4.68 Å². The number of para-hydroxylation sites is 1. The van der Waals surface area contributed by atoms with Gasteiger partial charge < -0.3 is 9.64 Å². The number of benzene rings is 1. The summed E-state index contributed by atoms with van der Waals surface area (Å²) in [7, 11) is 0. The third-order valence-corrected chi connectivity index (χ3v) is 3.37. The van der Waals surface area contributed by atoms with E-state index in [9.17, 15) is 18.4 Å². The number of hydrogen-bond acceptors (Lipinski definition) is 5. The predicted molar refractivity (Wildman–Crippen MR) is 70.0 cm³/mol. The van der Waals surface area contributed by atoms with Crippen LogP contribution in [0.3, 0.4) is 0 Å². The summed E-state index contributed by atoms with van der Waals surface area (Å²) in [6.45, 7) is 1.37. The lowest BCUT2D eigenvalue weighted by Gasteiger charge is -2.23. The SMILES string of the molecule is O=Cc1n(C(=O)N2CCOCC2)nn[n+]1-c1c(F)cccc1F. The van der Waals surface area contributed by atoms with Gasteiger partial charge in [-0.1, -0.05) is 10.7 Å². The average molecular weight is 324 g/mol. The lowest BCUT2D eigenvalue weighted by atomic mass is 10.3. The van der Waals surface area contributed by atoms with Gasteiger partial charge in [0.05, 0.1) is 13.2 Å². The zero-order valence-corrected chi connectivity index (χ0v) is 11.9. The fraction of sp³-hybridized carbons (Fsp3) is 0.308. The number of ether oxygens (including phenoxy) is 1. The molecule has 1 aliphatic heterocycles. The van der Waals surface area contributed by atoms with E-state index in [1.54, 1.807) is 0 Å². The Morgan fingerprint density at radius 1 is 1.26 bits per heavy atom. The standard InChI is InChI=1S/C13H12F2N5O3/c14-9-2-1-3-10(15)12(9)19-11(8-21)20(17-16-19)13(22)18-4-6-23-7-5-18/h1-3,8H,4-7H2/q+1. The Bertz CT molecular complexity index is 738. The molecule has 0 saturated carbocycles. The van der Waals surface area contributed by atoms with Gasteiger partial charge in [-0.2, -0.15) is 0 Å². The normalized spacial score (nSPS) is 14.8. The second-order valence-electron chi connectivity index (χ2n) is 4.73. The minimum atomic E-state index is -0.927. The zero-order valence-electron chi connectivity index (χ0n) is 11.9. The van der Waals surface area contributed by atoms with Gasteiger partial charge in [0.15, 0.2) is 16.8 Å². The quantitative estimate of drug-likeness (QED) is 0.439. The van der Waals surface area contributed by atoms with E-state index in [2.05, 4.69) is 10.4 Å². The smallest absolute Gasteiger partial charge is 0.378 e. The molecular formula is C13H12F2N5O3+. The number of halogens is 2. The molecule has 8 nitrogen and oxygen atoms in total. The predicted octanol–water partition coefficient (Wildman–Crippen LogP) is -0.0542. The van der Waals surface area contributed by atoms with Gasteiger partial charge in [0.1, 0.15) is 5.21 Å². The minimum Gasteiger partial charge on any atom is -0.378 e. The highest BCUT2D eigenvalue weighted by atomic mass is 19.1. The molecule has 3 rings (SSSR count). The van der Waals surface area contributed by atoms with E-state index in [1.807, 2.05) is 0 Å². The summed E-state index contributed by atoms with van der Waals surface area (Å²) < 4.78 is 34.2. The third kappa shape index (κ3) is 2.68. The Morgan fingerprint density at radius 3 is 2.52 bits per heavy atom. The number of nitrogens with zero attached hydrogens (tertiary/aromatic N) is 5. The maximum Gasteiger partial charge on any atom is 0.421 e. The van der Waals surface area contributed by atoms with E-state index >= 15 is 0 Å². The van der Waals surface area contributed by atoms with Crippen molar-refractivity contribution in [1.29, 1.82) is 0 Å². The number of aldehydes is 1. The van der Waals surface area contributed by atoms with E-state index in [-0.39, 0.29) is 12.1 Å². The number of rotatable bonds is 2. The van der Waals surface area contributed by atoms with Crippen LogP contribution in [-0.4, -0.2) is 58.6 Å². The van der Waals surface area contributed by atoms with Gasteiger partial charge in [-0.15, -0.1) is 0 Å². The Balaban J connectivity index is 2.03. The molecule has 1 saturated heterocycles. The van der Waals surface area contributed by atoms with Crippen LogP contribution in [0.1, 0.15) is 10.6 Å². The van der Waals surface area contributed by atoms with Gasteiger partial charge in [-0.3, -0.25) is 4.79 Å². The molecular weight excluding hydrogens is 312 g/mol. The Hall–Kier alpha value is -2.75. The molecule has 0 aliphatic carbocycles. The van der Waals surface area contributed by atoms with Gasteiger partial charge in [-0.05, 0) is 12.1 Å². The minimum absolute atomic E-state index is 0.268. The van der Waals surface area contributed by atoms with Crippen LogP contribution in [0.4, 0.5) is 13.6 Å². The van der Waals surface area contributed by atoms with Crippen LogP contribution >= 0.6 is 0 Å². The molecule has 1 aromatic carbocycles. The molecule has 120 valence electrons. The Labute approximate surface area is 128 Å². The fourth-order valence-corrected chi connectivity index (χ4v) is 2.24. The number of tetrazole rings is 1. The first-order chi connectivity index (χ1) is 11.1. The molecule has 1 fully saturated rings. The van der Waals surface area contributed by atoms with Gasteiger partial charge in [0, 0.05) is 17.8 Å². The molecule has 1 amide bonds. The first kappa shape index (κ1) is 15.2. The number of hydrogen-bond donors (Lipinski definition) is 0. The second-order valence-corrected chi connectivity index (χ2v) is 4.73. The molecule has 0 atom stereocenters. The molecule has 0 unspecified atom stereocenters. The van der Waals surface area contributed by atoms with E-state index in [0.717, 1.165) is 12.1 Å². The summed E-state index contributed by atoms with van der Waals surface area (Å²) in [5.74, 6) is -2.24. The van der Waals surface area contributed by atoms with E-state index in [4.69, 9.17) is 4.74 Å². The fourth-order valence-electron chi connectivity index (χ4n) is 2.24. The van der Waals surface area contributed by atoms with E-state index < -0.39 is 23.4 Å². The summed E-state index contributed by atoms with van der Waals surface area (Å²) >= 11 is 0. The maximum absolute atomic E-state index is 13.9. The van der Waals surface area contributed by atoms with Gasteiger partial charge >= 0.3 is 11.9 Å². The topological polar surface area (TPSA) is 81.2 Å². The van der Waals surface area contributed by atoms with Crippen molar-refractivity contribution in [3.8, 4) is 5.69 Å². The van der Waals surface area contributed by atoms with Crippen molar-refractivity contribution in [2.75, 3.05) is 26.3 Å². The summed E-state index contributed by atoms with van der Waals surface area (Å²) in [6.07, 6.45) is 0.268. The van der Waals surface area contributed by atoms with Gasteiger partial charge in [-0.25, -0.2) is 13.6 Å². The molecule has 23 heavy (non-hydrogen) atoms. The molecule has 2 aromatic rings.